The van der Waals surface area contributed by atoms with E-state index in [0.717, 1.165) is 16.8 Å². The van der Waals surface area contributed by atoms with E-state index in [0.29, 0.717) is 0 Å². The lowest BCUT2D eigenvalue weighted by Gasteiger charge is -2.04. The van der Waals surface area contributed by atoms with Crippen molar-refractivity contribution in [2.24, 2.45) is 11.5 Å². The van der Waals surface area contributed by atoms with Gasteiger partial charge in [0, 0.05) is 11.3 Å². The summed E-state index contributed by atoms with van der Waals surface area (Å²) in [5.41, 5.74) is 14.0. The van der Waals surface area contributed by atoms with Gasteiger partial charge in [0.2, 0.25) is 0 Å². The maximum Gasteiger partial charge on any atom is 0.0350 e. The lowest BCUT2D eigenvalue weighted by atomic mass is 10.0. The minimum absolute atomic E-state index is 0.772. The van der Waals surface area contributed by atoms with Gasteiger partial charge in [-0.3, -0.25) is 0 Å². The molecule has 0 fully saturated rings. The molecule has 0 aliphatic heterocycles. The highest BCUT2D eigenvalue weighted by atomic mass is 14.6. The van der Waals surface area contributed by atoms with E-state index in [-0.39, 0.29) is 0 Å². The summed E-state index contributed by atoms with van der Waals surface area (Å²) >= 11 is 0. The summed E-state index contributed by atoms with van der Waals surface area (Å²) in [6.45, 7) is 1.91. The maximum atomic E-state index is 5.81. The summed E-state index contributed by atoms with van der Waals surface area (Å²) < 4.78 is 0. The Morgan fingerprint density at radius 1 is 1.31 bits per heavy atom. The highest BCUT2D eigenvalue weighted by Crippen LogP contribution is 2.15. The Hall–Kier alpha value is -1.70. The van der Waals surface area contributed by atoms with Crippen molar-refractivity contribution in [3.8, 4) is 0 Å². The highest BCUT2D eigenvalue weighted by molar-refractivity contribution is 5.72. The van der Waals surface area contributed by atoms with Gasteiger partial charge in [-0.2, -0.15) is 0 Å². The Balaban J connectivity index is 3.19. The van der Waals surface area contributed by atoms with Crippen LogP contribution in [0, 0.1) is 0 Å². The Labute approximate surface area is 78.6 Å². The SMILES string of the molecule is C/C=C(\N)c1ccccc1/C=C\N. The van der Waals surface area contributed by atoms with Crippen molar-refractivity contribution in [2.75, 3.05) is 0 Å². The van der Waals surface area contributed by atoms with Crippen LogP contribution in [-0.4, -0.2) is 0 Å². The quantitative estimate of drug-likeness (QED) is 0.719. The first-order valence-corrected chi connectivity index (χ1v) is 4.19. The lowest BCUT2D eigenvalue weighted by molar-refractivity contribution is 1.47. The molecule has 1 aromatic carbocycles. The second-order valence-corrected chi connectivity index (χ2v) is 2.69. The molecule has 0 bridgehead atoms. The predicted octanol–water partition coefficient (Wildman–Crippen LogP) is 1.94. The molecular weight excluding hydrogens is 160 g/mol. The van der Waals surface area contributed by atoms with Crippen molar-refractivity contribution in [3.05, 3.63) is 47.7 Å². The van der Waals surface area contributed by atoms with Gasteiger partial charge in [-0.1, -0.05) is 30.3 Å². The third-order valence-electron chi connectivity index (χ3n) is 1.86. The van der Waals surface area contributed by atoms with E-state index in [4.69, 9.17) is 11.5 Å². The van der Waals surface area contributed by atoms with Crippen LogP contribution in [0.15, 0.2) is 36.5 Å². The minimum Gasteiger partial charge on any atom is -0.405 e. The topological polar surface area (TPSA) is 52.0 Å². The van der Waals surface area contributed by atoms with Crippen molar-refractivity contribution in [1.29, 1.82) is 0 Å². The van der Waals surface area contributed by atoms with Gasteiger partial charge in [0.25, 0.3) is 0 Å². The first-order valence-electron chi connectivity index (χ1n) is 4.19. The molecule has 0 atom stereocenters. The molecule has 0 aromatic heterocycles. The van der Waals surface area contributed by atoms with Crippen molar-refractivity contribution in [3.63, 3.8) is 0 Å². The molecule has 68 valence electrons. The van der Waals surface area contributed by atoms with Gasteiger partial charge in [-0.05, 0) is 24.8 Å². The van der Waals surface area contributed by atoms with E-state index in [1.54, 1.807) is 0 Å². The van der Waals surface area contributed by atoms with Crippen LogP contribution in [0.1, 0.15) is 18.1 Å². The summed E-state index contributed by atoms with van der Waals surface area (Å²) in [5, 5.41) is 0. The minimum atomic E-state index is 0.772. The van der Waals surface area contributed by atoms with Crippen LogP contribution in [0.3, 0.4) is 0 Å². The highest BCUT2D eigenvalue weighted by Gasteiger charge is 1.99. The average Bonchev–Trinajstić information content (AvgIpc) is 2.18. The van der Waals surface area contributed by atoms with E-state index in [2.05, 4.69) is 0 Å². The second kappa shape index (κ2) is 4.36. The third kappa shape index (κ3) is 2.12. The van der Waals surface area contributed by atoms with Crippen LogP contribution in [0.25, 0.3) is 11.8 Å². The fraction of sp³-hybridized carbons (Fsp3) is 0.0909. The van der Waals surface area contributed by atoms with Gasteiger partial charge in [0.15, 0.2) is 0 Å². The maximum absolute atomic E-state index is 5.81. The first-order chi connectivity index (χ1) is 6.29. The predicted molar refractivity (Wildman–Crippen MR) is 57.5 cm³/mol. The second-order valence-electron chi connectivity index (χ2n) is 2.69. The first kappa shape index (κ1) is 9.39. The fourth-order valence-corrected chi connectivity index (χ4v) is 1.16. The zero-order valence-corrected chi connectivity index (χ0v) is 7.70. The molecule has 0 unspecified atom stereocenters. The van der Waals surface area contributed by atoms with Crippen molar-refractivity contribution in [2.45, 2.75) is 6.92 Å². The largest absolute Gasteiger partial charge is 0.405 e. The summed E-state index contributed by atoms with van der Waals surface area (Å²) in [7, 11) is 0. The molecule has 0 saturated carbocycles. The molecule has 2 nitrogen and oxygen atoms in total. The van der Waals surface area contributed by atoms with Gasteiger partial charge >= 0.3 is 0 Å². The van der Waals surface area contributed by atoms with Crippen LogP contribution < -0.4 is 11.5 Å². The van der Waals surface area contributed by atoms with E-state index in [1.807, 2.05) is 43.3 Å². The van der Waals surface area contributed by atoms with Crippen LogP contribution >= 0.6 is 0 Å². The third-order valence-corrected chi connectivity index (χ3v) is 1.86. The van der Waals surface area contributed by atoms with Crippen LogP contribution in [0.2, 0.25) is 0 Å². The van der Waals surface area contributed by atoms with E-state index < -0.39 is 0 Å². The number of hydrogen-bond donors (Lipinski definition) is 2. The number of allylic oxidation sites excluding steroid dienone is 1. The molecule has 1 rings (SSSR count). The standard InChI is InChI=1S/C11H14N2/c1-2-11(13)10-6-4-3-5-9(10)7-8-12/h2-8H,12-13H2,1H3/b8-7-,11-2-. The monoisotopic (exact) mass is 174 g/mol. The Morgan fingerprint density at radius 2 is 2.00 bits per heavy atom. The normalized spacial score (nSPS) is 12.2. The number of hydrogen-bond acceptors (Lipinski definition) is 2. The lowest BCUT2D eigenvalue weighted by Crippen LogP contribution is -1.97. The van der Waals surface area contributed by atoms with Crippen LogP contribution in [-0.2, 0) is 0 Å². The number of benzene rings is 1. The molecular formula is C11H14N2. The molecule has 13 heavy (non-hydrogen) atoms. The number of nitrogens with two attached hydrogens (primary N) is 2. The molecule has 1 aromatic rings. The van der Waals surface area contributed by atoms with Gasteiger partial charge < -0.3 is 11.5 Å². The summed E-state index contributed by atoms with van der Waals surface area (Å²) in [4.78, 5) is 0. The van der Waals surface area contributed by atoms with Crippen LogP contribution in [0.5, 0.6) is 0 Å². The zero-order valence-electron chi connectivity index (χ0n) is 7.70. The molecule has 0 amide bonds. The van der Waals surface area contributed by atoms with Crippen LogP contribution in [0.4, 0.5) is 0 Å². The zero-order chi connectivity index (χ0) is 9.68. The van der Waals surface area contributed by atoms with Gasteiger partial charge in [-0.15, -0.1) is 0 Å². The van der Waals surface area contributed by atoms with E-state index >= 15 is 0 Å². The van der Waals surface area contributed by atoms with Gasteiger partial charge in [0.05, 0.1) is 0 Å². The molecule has 4 N–H and O–H groups in total. The van der Waals surface area contributed by atoms with Crippen molar-refractivity contribution in [1.82, 2.24) is 0 Å². The molecule has 0 aliphatic carbocycles. The Kier molecular flexibility index (Phi) is 3.15. The average molecular weight is 174 g/mol. The molecule has 0 spiro atoms. The summed E-state index contributed by atoms with van der Waals surface area (Å²) in [6, 6.07) is 7.88. The van der Waals surface area contributed by atoms with Gasteiger partial charge in [-0.25, -0.2) is 0 Å². The summed E-state index contributed by atoms with van der Waals surface area (Å²) in [6.07, 6.45) is 5.23. The Bertz CT molecular complexity index is 338. The fourth-order valence-electron chi connectivity index (χ4n) is 1.16. The van der Waals surface area contributed by atoms with Gasteiger partial charge in [0.1, 0.15) is 0 Å². The Morgan fingerprint density at radius 3 is 2.62 bits per heavy atom. The van der Waals surface area contributed by atoms with E-state index in [9.17, 15) is 0 Å². The molecule has 0 aliphatic rings. The van der Waals surface area contributed by atoms with Crippen molar-refractivity contribution >= 4 is 11.8 Å². The van der Waals surface area contributed by atoms with E-state index in [1.165, 1.54) is 6.20 Å². The molecule has 0 radical (unpaired) electrons. The van der Waals surface area contributed by atoms with Crippen molar-refractivity contribution < 1.29 is 0 Å². The summed E-state index contributed by atoms with van der Waals surface area (Å²) in [5.74, 6) is 0. The number of rotatable bonds is 2. The molecule has 2 heteroatoms. The molecule has 0 saturated heterocycles. The molecule has 0 heterocycles. The smallest absolute Gasteiger partial charge is 0.0350 e.